The highest BCUT2D eigenvalue weighted by Gasteiger charge is 2.13. The fraction of sp³-hybridized carbons (Fsp3) is 0.667. The molecule has 8 nitrogen and oxygen atoms in total. The molecular weight excluding hydrogens is 230 g/mol. The molecule has 0 bridgehead atoms. The van der Waals surface area contributed by atoms with Gasteiger partial charge in [-0.3, -0.25) is 0 Å². The van der Waals surface area contributed by atoms with Crippen LogP contribution < -0.4 is 16.0 Å². The van der Waals surface area contributed by atoms with Crippen LogP contribution in [-0.4, -0.2) is 65.9 Å². The minimum absolute atomic E-state index is 0.0900. The number of rotatable bonds is 10. The van der Waals surface area contributed by atoms with Crippen molar-refractivity contribution in [1.29, 1.82) is 0 Å². The average Bonchev–Trinajstić information content (AvgIpc) is 2.31. The third kappa shape index (κ3) is 6.61. The molecule has 0 saturated heterocycles. The topological polar surface area (TPSA) is 134 Å². The van der Waals surface area contributed by atoms with Gasteiger partial charge in [-0.05, 0) is 0 Å². The van der Waals surface area contributed by atoms with Crippen LogP contribution in [0.2, 0.25) is 0 Å². The summed E-state index contributed by atoms with van der Waals surface area (Å²) in [5.74, 6) is -1.04. The fourth-order valence-corrected chi connectivity index (χ4v) is 1.05. The van der Waals surface area contributed by atoms with Crippen LogP contribution in [0.15, 0.2) is 11.5 Å². The number of carbonyl (C=O) groups is 1. The summed E-state index contributed by atoms with van der Waals surface area (Å²) in [6.07, 6.45) is 0. The van der Waals surface area contributed by atoms with Gasteiger partial charge in [0.2, 0.25) is 0 Å². The first kappa shape index (κ1) is 15.5. The molecule has 8 heteroatoms. The van der Waals surface area contributed by atoms with Crippen molar-refractivity contribution in [2.45, 2.75) is 0 Å². The van der Waals surface area contributed by atoms with Crippen molar-refractivity contribution in [2.24, 2.45) is 0 Å². The van der Waals surface area contributed by atoms with E-state index in [4.69, 9.17) is 20.4 Å². The number of aliphatic hydroxyl groups excluding tert-OH is 3. The lowest BCUT2D eigenvalue weighted by molar-refractivity contribution is -0.133. The highest BCUT2D eigenvalue weighted by Crippen LogP contribution is 1.95. The Morgan fingerprint density at radius 1 is 0.824 bits per heavy atom. The van der Waals surface area contributed by atoms with Crippen molar-refractivity contribution in [1.82, 2.24) is 16.0 Å². The van der Waals surface area contributed by atoms with Crippen molar-refractivity contribution < 1.29 is 25.2 Å². The molecule has 0 aliphatic heterocycles. The highest BCUT2D eigenvalue weighted by atomic mass is 16.4. The summed E-state index contributed by atoms with van der Waals surface area (Å²) >= 11 is 0. The van der Waals surface area contributed by atoms with Crippen molar-refractivity contribution in [3.8, 4) is 0 Å². The molecule has 17 heavy (non-hydrogen) atoms. The second kappa shape index (κ2) is 9.70. The first-order valence-corrected chi connectivity index (χ1v) is 5.19. The summed E-state index contributed by atoms with van der Waals surface area (Å²) in [5.41, 5.74) is -0.152. The van der Waals surface area contributed by atoms with Crippen LogP contribution in [0.25, 0.3) is 0 Å². The normalized spacial score (nSPS) is 9.59. The Kier molecular flexibility index (Phi) is 8.84. The van der Waals surface area contributed by atoms with Gasteiger partial charge >= 0.3 is 5.97 Å². The van der Waals surface area contributed by atoms with E-state index in [-0.39, 0.29) is 51.0 Å². The standard InChI is InChI=1S/C9H19N3O5/c13-4-1-10-7(9(16)17)8(11-2-5-14)12-3-6-15/h10-15H,1-6H2,(H,16,17). The zero-order valence-electron chi connectivity index (χ0n) is 9.44. The van der Waals surface area contributed by atoms with Gasteiger partial charge in [-0.2, -0.15) is 0 Å². The van der Waals surface area contributed by atoms with Crippen molar-refractivity contribution >= 4 is 5.97 Å². The maximum atomic E-state index is 11.0. The van der Waals surface area contributed by atoms with E-state index in [2.05, 4.69) is 16.0 Å². The van der Waals surface area contributed by atoms with Gasteiger partial charge in [0, 0.05) is 19.6 Å². The number of aliphatic hydroxyl groups is 3. The SMILES string of the molecule is O=C(O)C(NCCO)=C(NCCO)NCCO. The number of carboxylic acids is 1. The van der Waals surface area contributed by atoms with E-state index in [0.29, 0.717) is 0 Å². The van der Waals surface area contributed by atoms with Crippen LogP contribution in [0.5, 0.6) is 0 Å². The van der Waals surface area contributed by atoms with Crippen LogP contribution in [0.3, 0.4) is 0 Å². The number of hydrogen-bond acceptors (Lipinski definition) is 7. The van der Waals surface area contributed by atoms with Gasteiger partial charge < -0.3 is 36.4 Å². The summed E-state index contributed by atoms with van der Waals surface area (Å²) in [5, 5.41) is 42.8. The summed E-state index contributed by atoms with van der Waals surface area (Å²) in [6.45, 7) is -0.0814. The van der Waals surface area contributed by atoms with E-state index in [1.165, 1.54) is 0 Å². The smallest absolute Gasteiger partial charge is 0.355 e. The number of nitrogens with one attached hydrogen (secondary N) is 3. The van der Waals surface area contributed by atoms with Gasteiger partial charge in [-0.1, -0.05) is 0 Å². The molecule has 0 aromatic rings. The Balaban J connectivity index is 4.73. The van der Waals surface area contributed by atoms with Gasteiger partial charge in [-0.25, -0.2) is 4.79 Å². The van der Waals surface area contributed by atoms with E-state index in [1.54, 1.807) is 0 Å². The first-order chi connectivity index (χ1) is 8.17. The number of hydrogen-bond donors (Lipinski definition) is 7. The van der Waals surface area contributed by atoms with Gasteiger partial charge in [-0.15, -0.1) is 0 Å². The van der Waals surface area contributed by atoms with E-state index in [9.17, 15) is 4.79 Å². The molecule has 0 amide bonds. The maximum absolute atomic E-state index is 11.0. The highest BCUT2D eigenvalue weighted by molar-refractivity contribution is 5.86. The Morgan fingerprint density at radius 3 is 1.59 bits per heavy atom. The van der Waals surface area contributed by atoms with Gasteiger partial charge in [0.1, 0.15) is 5.82 Å². The van der Waals surface area contributed by atoms with Crippen LogP contribution in [0.1, 0.15) is 0 Å². The first-order valence-electron chi connectivity index (χ1n) is 5.19. The fourth-order valence-electron chi connectivity index (χ4n) is 1.05. The Bertz CT molecular complexity index is 247. The predicted octanol–water partition coefficient (Wildman–Crippen LogP) is -3.01. The zero-order valence-corrected chi connectivity index (χ0v) is 9.44. The molecule has 0 aliphatic carbocycles. The van der Waals surface area contributed by atoms with Gasteiger partial charge in [0.05, 0.1) is 19.8 Å². The maximum Gasteiger partial charge on any atom is 0.355 e. The molecule has 0 spiro atoms. The Hall–Kier alpha value is -1.51. The molecule has 0 atom stereocenters. The van der Waals surface area contributed by atoms with Crippen molar-refractivity contribution in [2.75, 3.05) is 39.5 Å². The third-order valence-corrected chi connectivity index (χ3v) is 1.70. The molecule has 0 fully saturated rings. The molecule has 0 rings (SSSR count). The molecule has 100 valence electrons. The summed E-state index contributed by atoms with van der Waals surface area (Å²) in [4.78, 5) is 11.0. The average molecular weight is 249 g/mol. The van der Waals surface area contributed by atoms with E-state index >= 15 is 0 Å². The second-order valence-electron chi connectivity index (χ2n) is 3.01. The Morgan fingerprint density at radius 2 is 1.24 bits per heavy atom. The van der Waals surface area contributed by atoms with Crippen molar-refractivity contribution in [3.05, 3.63) is 11.5 Å². The van der Waals surface area contributed by atoms with Gasteiger partial charge in [0.25, 0.3) is 0 Å². The zero-order chi connectivity index (χ0) is 13.1. The molecule has 0 radical (unpaired) electrons. The van der Waals surface area contributed by atoms with Crippen molar-refractivity contribution in [3.63, 3.8) is 0 Å². The molecule has 0 aliphatic rings. The van der Waals surface area contributed by atoms with E-state index < -0.39 is 5.97 Å². The number of aliphatic carboxylic acids is 1. The Labute approximate surface area is 99.0 Å². The minimum Gasteiger partial charge on any atom is -0.476 e. The molecule has 0 saturated carbocycles. The quantitative estimate of drug-likeness (QED) is 0.203. The van der Waals surface area contributed by atoms with Crippen LogP contribution in [-0.2, 0) is 4.79 Å². The summed E-state index contributed by atoms with van der Waals surface area (Å²) in [7, 11) is 0. The monoisotopic (exact) mass is 249 g/mol. The lowest BCUT2D eigenvalue weighted by Crippen LogP contribution is -2.37. The van der Waals surface area contributed by atoms with E-state index in [0.717, 1.165) is 0 Å². The molecule has 7 N–H and O–H groups in total. The van der Waals surface area contributed by atoms with Crippen LogP contribution in [0.4, 0.5) is 0 Å². The van der Waals surface area contributed by atoms with Gasteiger partial charge in [0.15, 0.2) is 5.70 Å². The second-order valence-corrected chi connectivity index (χ2v) is 3.01. The third-order valence-electron chi connectivity index (χ3n) is 1.70. The molecular formula is C9H19N3O5. The lowest BCUT2D eigenvalue weighted by atomic mass is 10.4. The van der Waals surface area contributed by atoms with Crippen LogP contribution >= 0.6 is 0 Å². The minimum atomic E-state index is -1.20. The lowest BCUT2D eigenvalue weighted by Gasteiger charge is -2.16. The summed E-state index contributed by atoms with van der Waals surface area (Å²) < 4.78 is 0. The summed E-state index contributed by atoms with van der Waals surface area (Å²) in [6, 6.07) is 0. The molecule has 0 aromatic carbocycles. The number of carboxylic acid groups (broad SMARTS) is 1. The molecule has 0 aromatic heterocycles. The van der Waals surface area contributed by atoms with E-state index in [1.807, 2.05) is 0 Å². The molecule has 0 heterocycles. The predicted molar refractivity (Wildman–Crippen MR) is 59.9 cm³/mol. The van der Waals surface area contributed by atoms with Crippen LogP contribution in [0, 0.1) is 0 Å². The molecule has 0 unspecified atom stereocenters. The largest absolute Gasteiger partial charge is 0.476 e.